The molecule has 0 saturated heterocycles. The van der Waals surface area contributed by atoms with Gasteiger partial charge in [0.2, 0.25) is 5.91 Å². The Morgan fingerprint density at radius 2 is 2.04 bits per heavy atom. The average molecular weight is 343 g/mol. The summed E-state index contributed by atoms with van der Waals surface area (Å²) in [5.41, 5.74) is 7.69. The van der Waals surface area contributed by atoms with Gasteiger partial charge >= 0.3 is 0 Å². The molecule has 0 radical (unpaired) electrons. The van der Waals surface area contributed by atoms with Crippen LogP contribution in [0.25, 0.3) is 0 Å². The zero-order chi connectivity index (χ0) is 18.0. The Morgan fingerprint density at radius 3 is 2.72 bits per heavy atom. The number of nitrogens with one attached hydrogen (secondary N) is 1. The van der Waals surface area contributed by atoms with E-state index in [1.54, 1.807) is 12.1 Å². The first-order valence-corrected chi connectivity index (χ1v) is 7.82. The third-order valence-electron chi connectivity index (χ3n) is 3.88. The third-order valence-corrected chi connectivity index (χ3v) is 3.88. The van der Waals surface area contributed by atoms with E-state index in [4.69, 9.17) is 10.5 Å². The maximum absolute atomic E-state index is 12.9. The minimum atomic E-state index is -0.390. The molecule has 25 heavy (non-hydrogen) atoms. The van der Waals surface area contributed by atoms with Crippen LogP contribution < -0.4 is 20.7 Å². The van der Waals surface area contributed by atoms with Crippen LogP contribution >= 0.6 is 0 Å². The Balaban J connectivity index is 1.79. The van der Waals surface area contributed by atoms with Gasteiger partial charge in [0.05, 0.1) is 5.69 Å². The van der Waals surface area contributed by atoms with Crippen molar-refractivity contribution >= 4 is 23.2 Å². The fraction of sp³-hybridized carbons (Fsp3) is 0.222. The molecule has 1 aliphatic rings. The molecule has 0 saturated carbocycles. The highest BCUT2D eigenvalue weighted by atomic mass is 19.1. The van der Waals surface area contributed by atoms with Crippen LogP contribution in [-0.4, -0.2) is 25.0 Å². The van der Waals surface area contributed by atoms with Gasteiger partial charge in [0.25, 0.3) is 5.91 Å². The van der Waals surface area contributed by atoms with Gasteiger partial charge in [-0.2, -0.15) is 0 Å². The van der Waals surface area contributed by atoms with E-state index < -0.39 is 5.82 Å². The normalized spacial score (nSPS) is 14.5. The van der Waals surface area contributed by atoms with E-state index in [-0.39, 0.29) is 31.0 Å². The Morgan fingerprint density at radius 1 is 1.32 bits per heavy atom. The van der Waals surface area contributed by atoms with Crippen molar-refractivity contribution < 1.29 is 18.7 Å². The van der Waals surface area contributed by atoms with E-state index in [1.807, 2.05) is 13.0 Å². The number of nitrogens with zero attached hydrogens (tertiary/aromatic N) is 1. The molecule has 0 aromatic heterocycles. The van der Waals surface area contributed by atoms with E-state index in [2.05, 4.69) is 5.32 Å². The Labute approximate surface area is 144 Å². The molecule has 2 aromatic rings. The van der Waals surface area contributed by atoms with E-state index >= 15 is 0 Å². The first kappa shape index (κ1) is 16.9. The van der Waals surface area contributed by atoms with Crippen molar-refractivity contribution in [2.75, 3.05) is 23.4 Å². The first-order valence-electron chi connectivity index (χ1n) is 7.82. The van der Waals surface area contributed by atoms with Gasteiger partial charge in [-0.15, -0.1) is 0 Å². The summed E-state index contributed by atoms with van der Waals surface area (Å²) in [4.78, 5) is 25.9. The second-order valence-electron chi connectivity index (χ2n) is 5.84. The molecule has 6 nitrogen and oxygen atoms in total. The van der Waals surface area contributed by atoms with E-state index in [0.29, 0.717) is 17.1 Å². The number of benzene rings is 2. The van der Waals surface area contributed by atoms with Gasteiger partial charge in [-0.3, -0.25) is 14.5 Å². The van der Waals surface area contributed by atoms with Crippen molar-refractivity contribution in [2.45, 2.75) is 13.0 Å². The molecule has 1 aliphatic heterocycles. The highest BCUT2D eigenvalue weighted by Gasteiger charge is 2.28. The van der Waals surface area contributed by atoms with Gasteiger partial charge < -0.3 is 15.8 Å². The fourth-order valence-electron chi connectivity index (χ4n) is 2.55. The summed E-state index contributed by atoms with van der Waals surface area (Å²) in [6, 6.07) is 10.5. The van der Waals surface area contributed by atoms with Crippen LogP contribution in [0, 0.1) is 5.82 Å². The molecule has 0 aliphatic carbocycles. The van der Waals surface area contributed by atoms with Crippen molar-refractivity contribution in [1.82, 2.24) is 0 Å². The Kier molecular flexibility index (Phi) is 4.67. The number of amides is 2. The molecular formula is C18H18FN3O3. The van der Waals surface area contributed by atoms with E-state index in [9.17, 15) is 14.0 Å². The minimum absolute atomic E-state index is 0.131. The molecule has 0 fully saturated rings. The highest BCUT2D eigenvalue weighted by molar-refractivity contribution is 6.05. The summed E-state index contributed by atoms with van der Waals surface area (Å²) in [7, 11) is 0. The summed E-state index contributed by atoms with van der Waals surface area (Å²) < 4.78 is 18.3. The molecule has 2 aromatic carbocycles. The van der Waals surface area contributed by atoms with Gasteiger partial charge in [-0.25, -0.2) is 4.39 Å². The topological polar surface area (TPSA) is 84.7 Å². The molecular weight excluding hydrogens is 325 g/mol. The van der Waals surface area contributed by atoms with Gasteiger partial charge in [0.15, 0.2) is 6.61 Å². The quantitative estimate of drug-likeness (QED) is 0.891. The monoisotopic (exact) mass is 343 g/mol. The number of ether oxygens (including phenoxy) is 1. The summed E-state index contributed by atoms with van der Waals surface area (Å²) in [5, 5.41) is 2.64. The van der Waals surface area contributed by atoms with Crippen molar-refractivity contribution in [3.63, 3.8) is 0 Å². The van der Waals surface area contributed by atoms with E-state index in [0.717, 1.165) is 5.56 Å². The highest BCUT2D eigenvalue weighted by Crippen LogP contribution is 2.34. The summed E-state index contributed by atoms with van der Waals surface area (Å²) in [5.74, 6) is -0.570. The second-order valence-corrected chi connectivity index (χ2v) is 5.84. The van der Waals surface area contributed by atoms with Crippen LogP contribution in [0.1, 0.15) is 18.5 Å². The number of fused-ring (bicyclic) bond motifs is 1. The average Bonchev–Trinajstić information content (AvgIpc) is 2.59. The molecule has 7 heteroatoms. The van der Waals surface area contributed by atoms with Crippen LogP contribution in [0.4, 0.5) is 15.8 Å². The summed E-state index contributed by atoms with van der Waals surface area (Å²) in [6.45, 7) is 1.53. The number of rotatable bonds is 4. The zero-order valence-electron chi connectivity index (χ0n) is 13.7. The van der Waals surface area contributed by atoms with Gasteiger partial charge in [-0.05, 0) is 48.9 Å². The first-order chi connectivity index (χ1) is 11.9. The number of nitrogens with two attached hydrogens (primary N) is 1. The molecule has 0 bridgehead atoms. The van der Waals surface area contributed by atoms with Gasteiger partial charge in [-0.1, -0.05) is 6.07 Å². The lowest BCUT2D eigenvalue weighted by atomic mass is 10.1. The van der Waals surface area contributed by atoms with Crippen molar-refractivity contribution in [2.24, 2.45) is 5.73 Å². The lowest BCUT2D eigenvalue weighted by Crippen LogP contribution is -2.43. The largest absolute Gasteiger partial charge is 0.482 e. The molecule has 1 atom stereocenters. The second kappa shape index (κ2) is 6.90. The maximum Gasteiger partial charge on any atom is 0.265 e. The summed E-state index contributed by atoms with van der Waals surface area (Å²) in [6.07, 6.45) is 0. The Hall–Kier alpha value is -2.93. The third kappa shape index (κ3) is 3.77. The fourth-order valence-corrected chi connectivity index (χ4v) is 2.55. The van der Waals surface area contributed by atoms with Crippen molar-refractivity contribution in [3.05, 3.63) is 53.8 Å². The molecule has 3 rings (SSSR count). The number of carbonyl (C=O) groups is 2. The Bertz CT molecular complexity index is 806. The van der Waals surface area contributed by atoms with Crippen LogP contribution in [0.5, 0.6) is 5.75 Å². The molecule has 3 N–H and O–H groups in total. The van der Waals surface area contributed by atoms with Gasteiger partial charge in [0.1, 0.15) is 18.1 Å². The predicted molar refractivity (Wildman–Crippen MR) is 91.9 cm³/mol. The zero-order valence-corrected chi connectivity index (χ0v) is 13.7. The van der Waals surface area contributed by atoms with Crippen molar-refractivity contribution in [1.29, 1.82) is 0 Å². The van der Waals surface area contributed by atoms with Gasteiger partial charge in [0, 0.05) is 11.7 Å². The lowest BCUT2D eigenvalue weighted by Gasteiger charge is -2.29. The van der Waals surface area contributed by atoms with E-state index in [1.165, 1.54) is 29.2 Å². The molecule has 1 heterocycles. The predicted octanol–water partition coefficient (Wildman–Crippen LogP) is 2.21. The van der Waals surface area contributed by atoms with Crippen LogP contribution in [0.3, 0.4) is 0 Å². The number of hydrogen-bond acceptors (Lipinski definition) is 4. The van der Waals surface area contributed by atoms with Crippen molar-refractivity contribution in [3.8, 4) is 5.75 Å². The standard InChI is InChI=1S/C18H18FN3O3/c1-11(20)12-2-7-16-15(8-12)22(18(24)10-25-16)9-17(23)21-14-5-3-13(19)4-6-14/h2-8,11H,9-10,20H2,1H3,(H,21,23). The molecule has 0 spiro atoms. The van der Waals surface area contributed by atoms with Crippen LogP contribution in [-0.2, 0) is 9.59 Å². The minimum Gasteiger partial charge on any atom is -0.482 e. The lowest BCUT2D eigenvalue weighted by molar-refractivity contribution is -0.123. The number of hydrogen-bond donors (Lipinski definition) is 2. The number of halogens is 1. The number of carbonyl (C=O) groups excluding carboxylic acids is 2. The molecule has 1 unspecified atom stereocenters. The molecule has 2 amide bonds. The molecule has 130 valence electrons. The SMILES string of the molecule is CC(N)c1ccc2c(c1)N(CC(=O)Nc1ccc(F)cc1)C(=O)CO2. The smallest absolute Gasteiger partial charge is 0.265 e. The van der Waals surface area contributed by atoms with Crippen LogP contribution in [0.2, 0.25) is 0 Å². The maximum atomic E-state index is 12.9. The number of anilines is 2. The van der Waals surface area contributed by atoms with Crippen LogP contribution in [0.15, 0.2) is 42.5 Å². The summed E-state index contributed by atoms with van der Waals surface area (Å²) >= 11 is 0.